The van der Waals surface area contributed by atoms with Crippen LogP contribution in [0.2, 0.25) is 0 Å². The Hall–Kier alpha value is -2.05. The predicted octanol–water partition coefficient (Wildman–Crippen LogP) is 3.74. The largest absolute Gasteiger partial charge is 0.300 e. The minimum atomic E-state index is -0.502. The number of carbonyl (C=O) groups is 2. The zero-order chi connectivity index (χ0) is 17.6. The molecule has 1 aliphatic heterocycles. The molecule has 0 unspecified atom stereocenters. The number of carbonyl (C=O) groups excluding carboxylic acids is 2. The van der Waals surface area contributed by atoms with E-state index >= 15 is 0 Å². The third-order valence-electron chi connectivity index (χ3n) is 4.60. The number of anilines is 1. The van der Waals surface area contributed by atoms with Crippen molar-refractivity contribution >= 4 is 33.3 Å². The highest BCUT2D eigenvalue weighted by atomic mass is 79.9. The van der Waals surface area contributed by atoms with Crippen molar-refractivity contribution < 1.29 is 14.0 Å². The Morgan fingerprint density at radius 3 is 2.68 bits per heavy atom. The SMILES string of the molecule is O=C1C(=O)N(CN(Cc2cccc(F)c2)C2CC2)c2cc(Br)ccc21. The summed E-state index contributed by atoms with van der Waals surface area (Å²) in [5, 5.41) is 0. The van der Waals surface area contributed by atoms with E-state index in [-0.39, 0.29) is 5.82 Å². The van der Waals surface area contributed by atoms with E-state index in [0.29, 0.717) is 30.5 Å². The lowest BCUT2D eigenvalue weighted by atomic mass is 10.1. The highest BCUT2D eigenvalue weighted by Gasteiger charge is 2.39. The molecule has 1 aliphatic carbocycles. The molecule has 0 radical (unpaired) electrons. The molecule has 6 heteroatoms. The molecule has 1 fully saturated rings. The van der Waals surface area contributed by atoms with Gasteiger partial charge < -0.3 is 0 Å². The minimum Gasteiger partial charge on any atom is -0.291 e. The zero-order valence-electron chi connectivity index (χ0n) is 13.4. The fraction of sp³-hybridized carbons (Fsp3) is 0.263. The van der Waals surface area contributed by atoms with Crippen LogP contribution < -0.4 is 4.90 Å². The van der Waals surface area contributed by atoms with Crippen LogP contribution in [0.1, 0.15) is 28.8 Å². The maximum atomic E-state index is 13.5. The van der Waals surface area contributed by atoms with E-state index in [4.69, 9.17) is 0 Å². The van der Waals surface area contributed by atoms with Crippen LogP contribution in [0.5, 0.6) is 0 Å². The quantitative estimate of drug-likeness (QED) is 0.715. The number of halogens is 2. The van der Waals surface area contributed by atoms with E-state index in [9.17, 15) is 14.0 Å². The molecule has 0 saturated heterocycles. The second-order valence-electron chi connectivity index (χ2n) is 6.47. The van der Waals surface area contributed by atoms with Crippen LogP contribution in [0.3, 0.4) is 0 Å². The molecule has 0 N–H and O–H groups in total. The molecule has 1 heterocycles. The molecule has 0 bridgehead atoms. The van der Waals surface area contributed by atoms with Gasteiger partial charge >= 0.3 is 5.91 Å². The van der Waals surface area contributed by atoms with Crippen molar-refractivity contribution in [2.45, 2.75) is 25.4 Å². The van der Waals surface area contributed by atoms with Gasteiger partial charge in [0.05, 0.1) is 17.9 Å². The van der Waals surface area contributed by atoms with Gasteiger partial charge in [0.2, 0.25) is 0 Å². The average Bonchev–Trinajstić information content (AvgIpc) is 3.39. The molecule has 2 aliphatic rings. The number of Topliss-reactive ketones (excluding diaryl/α,β-unsaturated/α-hetero) is 1. The number of hydrogen-bond donors (Lipinski definition) is 0. The van der Waals surface area contributed by atoms with Crippen LogP contribution in [-0.2, 0) is 11.3 Å². The van der Waals surface area contributed by atoms with Crippen molar-refractivity contribution in [1.82, 2.24) is 4.90 Å². The Labute approximate surface area is 153 Å². The monoisotopic (exact) mass is 402 g/mol. The Bertz CT molecular complexity index is 866. The predicted molar refractivity (Wildman–Crippen MR) is 95.8 cm³/mol. The fourth-order valence-electron chi connectivity index (χ4n) is 3.19. The number of nitrogens with zero attached hydrogens (tertiary/aromatic N) is 2. The molecule has 2 aromatic carbocycles. The lowest BCUT2D eigenvalue weighted by Crippen LogP contribution is -2.41. The van der Waals surface area contributed by atoms with Gasteiger partial charge in [-0.05, 0) is 48.7 Å². The highest BCUT2D eigenvalue weighted by molar-refractivity contribution is 9.10. The second kappa shape index (κ2) is 6.35. The Morgan fingerprint density at radius 2 is 1.96 bits per heavy atom. The smallest absolute Gasteiger partial charge is 0.291 e. The molecule has 0 spiro atoms. The summed E-state index contributed by atoms with van der Waals surface area (Å²) in [7, 11) is 0. The molecule has 128 valence electrons. The summed E-state index contributed by atoms with van der Waals surface area (Å²) >= 11 is 3.40. The number of benzene rings is 2. The summed E-state index contributed by atoms with van der Waals surface area (Å²) in [6, 6.07) is 12.1. The molecule has 0 atom stereocenters. The van der Waals surface area contributed by atoms with Crippen molar-refractivity contribution in [3.8, 4) is 0 Å². The summed E-state index contributed by atoms with van der Waals surface area (Å²) in [6.45, 7) is 0.874. The standard InChI is InChI=1S/C19H16BrFN2O2/c20-13-4-7-16-17(9-13)23(19(25)18(16)24)11-22(15-5-6-15)10-12-2-1-3-14(21)8-12/h1-4,7-9,15H,5-6,10-11H2. The van der Waals surface area contributed by atoms with Crippen molar-refractivity contribution in [3.05, 3.63) is 63.9 Å². The Kier molecular flexibility index (Phi) is 4.17. The Morgan fingerprint density at radius 1 is 1.16 bits per heavy atom. The molecular formula is C19H16BrFN2O2. The van der Waals surface area contributed by atoms with Crippen LogP contribution in [-0.4, -0.2) is 29.3 Å². The Balaban J connectivity index is 1.60. The number of ketones is 1. The summed E-state index contributed by atoms with van der Waals surface area (Å²) < 4.78 is 14.3. The van der Waals surface area contributed by atoms with Crippen LogP contribution in [0.4, 0.5) is 10.1 Å². The van der Waals surface area contributed by atoms with Crippen LogP contribution in [0, 0.1) is 5.82 Å². The normalized spacial score (nSPS) is 16.7. The van der Waals surface area contributed by atoms with Gasteiger partial charge in [0.1, 0.15) is 5.82 Å². The first-order valence-electron chi connectivity index (χ1n) is 8.17. The van der Waals surface area contributed by atoms with Gasteiger partial charge in [0.25, 0.3) is 5.78 Å². The molecule has 1 saturated carbocycles. The van der Waals surface area contributed by atoms with Crippen molar-refractivity contribution in [2.75, 3.05) is 11.6 Å². The summed E-state index contributed by atoms with van der Waals surface area (Å²) in [5.41, 5.74) is 1.93. The lowest BCUT2D eigenvalue weighted by Gasteiger charge is -2.28. The van der Waals surface area contributed by atoms with Gasteiger partial charge in [-0.2, -0.15) is 0 Å². The van der Waals surface area contributed by atoms with Gasteiger partial charge in [0, 0.05) is 17.1 Å². The summed E-state index contributed by atoms with van der Waals surface area (Å²) in [5.74, 6) is -1.24. The minimum absolute atomic E-state index is 0.269. The maximum Gasteiger partial charge on any atom is 0.300 e. The van der Waals surface area contributed by atoms with Gasteiger partial charge in [-0.15, -0.1) is 0 Å². The molecule has 2 aromatic rings. The van der Waals surface area contributed by atoms with Crippen LogP contribution >= 0.6 is 15.9 Å². The van der Waals surface area contributed by atoms with Gasteiger partial charge in [0.15, 0.2) is 0 Å². The van der Waals surface area contributed by atoms with Crippen LogP contribution in [0.15, 0.2) is 46.9 Å². The molecule has 4 nitrogen and oxygen atoms in total. The van der Waals surface area contributed by atoms with Crippen LogP contribution in [0.25, 0.3) is 0 Å². The molecular weight excluding hydrogens is 387 g/mol. The maximum absolute atomic E-state index is 13.5. The average molecular weight is 403 g/mol. The lowest BCUT2D eigenvalue weighted by molar-refractivity contribution is -0.114. The van der Waals surface area contributed by atoms with E-state index in [0.717, 1.165) is 22.9 Å². The molecule has 4 rings (SSSR count). The van der Waals surface area contributed by atoms with Crippen molar-refractivity contribution in [1.29, 1.82) is 0 Å². The molecule has 1 amide bonds. The number of amides is 1. The third kappa shape index (κ3) is 3.24. The summed E-state index contributed by atoms with van der Waals surface area (Å²) in [4.78, 5) is 28.3. The summed E-state index contributed by atoms with van der Waals surface area (Å²) in [6.07, 6.45) is 2.10. The zero-order valence-corrected chi connectivity index (χ0v) is 15.0. The number of rotatable bonds is 5. The van der Waals surface area contributed by atoms with Crippen molar-refractivity contribution in [3.63, 3.8) is 0 Å². The third-order valence-corrected chi connectivity index (χ3v) is 5.09. The first-order chi connectivity index (χ1) is 12.0. The molecule has 25 heavy (non-hydrogen) atoms. The number of fused-ring (bicyclic) bond motifs is 1. The van der Waals surface area contributed by atoms with Gasteiger partial charge in [-0.1, -0.05) is 28.1 Å². The van der Waals surface area contributed by atoms with E-state index < -0.39 is 11.7 Å². The first kappa shape index (κ1) is 16.4. The van der Waals surface area contributed by atoms with E-state index in [2.05, 4.69) is 20.8 Å². The number of hydrogen-bond acceptors (Lipinski definition) is 3. The van der Waals surface area contributed by atoms with Gasteiger partial charge in [-0.25, -0.2) is 4.39 Å². The van der Waals surface area contributed by atoms with Crippen molar-refractivity contribution in [2.24, 2.45) is 0 Å². The topological polar surface area (TPSA) is 40.6 Å². The van der Waals surface area contributed by atoms with Gasteiger partial charge in [-0.3, -0.25) is 19.4 Å². The fourth-order valence-corrected chi connectivity index (χ4v) is 3.54. The van der Waals surface area contributed by atoms with E-state index in [1.807, 2.05) is 6.07 Å². The van der Waals surface area contributed by atoms with E-state index in [1.165, 1.54) is 17.0 Å². The second-order valence-corrected chi connectivity index (χ2v) is 7.39. The van der Waals surface area contributed by atoms with E-state index in [1.54, 1.807) is 24.3 Å². The first-order valence-corrected chi connectivity index (χ1v) is 8.96. The molecule has 0 aromatic heterocycles. The highest BCUT2D eigenvalue weighted by Crippen LogP contribution is 2.34.